The highest BCUT2D eigenvalue weighted by atomic mass is 19.1. The summed E-state index contributed by atoms with van der Waals surface area (Å²) in [7, 11) is 1.66. The van der Waals surface area contributed by atoms with E-state index < -0.39 is 5.82 Å². The molecule has 1 aromatic carbocycles. The van der Waals surface area contributed by atoms with Crippen molar-refractivity contribution < 1.29 is 4.39 Å². The Balaban J connectivity index is 3.28. The van der Waals surface area contributed by atoms with Crippen molar-refractivity contribution >= 4 is 11.4 Å². The van der Waals surface area contributed by atoms with Crippen molar-refractivity contribution in [3.8, 4) is 0 Å². The number of aliphatic imine (C=N–C) groups is 1. The zero-order valence-electron chi connectivity index (χ0n) is 11.6. The Morgan fingerprint density at radius 1 is 1.26 bits per heavy atom. The van der Waals surface area contributed by atoms with E-state index in [2.05, 4.69) is 18.2 Å². The molecule has 0 amide bonds. The number of nitrogens with two attached hydrogens (primary N) is 1. The minimum atomic E-state index is -0.445. The lowest BCUT2D eigenvalue weighted by Crippen LogP contribution is -2.02. The molecule has 19 heavy (non-hydrogen) atoms. The van der Waals surface area contributed by atoms with Gasteiger partial charge in [-0.1, -0.05) is 30.4 Å². The van der Waals surface area contributed by atoms with E-state index in [0.717, 1.165) is 16.7 Å². The summed E-state index contributed by atoms with van der Waals surface area (Å²) < 4.78 is 13.5. The predicted molar refractivity (Wildman–Crippen MR) is 81.0 cm³/mol. The molecule has 2 nitrogen and oxygen atoms in total. The SMILES string of the molecule is C=C(C)C(=CC(=NC)c1ccc(N)c(F)c1)C(=C)C. The molecule has 0 bridgehead atoms. The van der Waals surface area contributed by atoms with Crippen LogP contribution in [0.15, 0.2) is 59.1 Å². The van der Waals surface area contributed by atoms with Gasteiger partial charge in [0.2, 0.25) is 0 Å². The molecule has 0 aromatic heterocycles. The van der Waals surface area contributed by atoms with Crippen molar-refractivity contribution in [2.75, 3.05) is 12.8 Å². The van der Waals surface area contributed by atoms with Gasteiger partial charge in [-0.25, -0.2) is 4.39 Å². The standard InChI is InChI=1S/C16H19FN2/c1-10(2)13(11(3)4)9-16(19-5)12-6-7-15(18)14(17)8-12/h6-9H,1,3,18H2,2,4-5H3. The number of rotatable bonds is 4. The lowest BCUT2D eigenvalue weighted by Gasteiger charge is -2.09. The van der Waals surface area contributed by atoms with E-state index in [1.165, 1.54) is 12.1 Å². The van der Waals surface area contributed by atoms with Crippen molar-refractivity contribution in [2.24, 2.45) is 4.99 Å². The summed E-state index contributed by atoms with van der Waals surface area (Å²) in [6, 6.07) is 4.65. The summed E-state index contributed by atoms with van der Waals surface area (Å²) in [6.07, 6.45) is 1.86. The van der Waals surface area contributed by atoms with Gasteiger partial charge in [-0.3, -0.25) is 4.99 Å². The maximum atomic E-state index is 13.5. The number of hydrogen-bond acceptors (Lipinski definition) is 2. The number of benzene rings is 1. The van der Waals surface area contributed by atoms with Crippen LogP contribution in [0, 0.1) is 5.82 Å². The van der Waals surface area contributed by atoms with E-state index in [0.29, 0.717) is 11.3 Å². The van der Waals surface area contributed by atoms with Crippen molar-refractivity contribution in [3.05, 3.63) is 65.5 Å². The first-order valence-electron chi connectivity index (χ1n) is 5.92. The summed E-state index contributed by atoms with van der Waals surface area (Å²) in [5, 5.41) is 0. The highest BCUT2D eigenvalue weighted by Crippen LogP contribution is 2.19. The van der Waals surface area contributed by atoms with Crippen LogP contribution in [0.2, 0.25) is 0 Å². The molecule has 1 aromatic rings. The Labute approximate surface area is 113 Å². The number of hydrogen-bond donors (Lipinski definition) is 1. The molecule has 3 heteroatoms. The van der Waals surface area contributed by atoms with Crippen LogP contribution in [0.4, 0.5) is 10.1 Å². The van der Waals surface area contributed by atoms with Gasteiger partial charge in [0.15, 0.2) is 0 Å². The van der Waals surface area contributed by atoms with Gasteiger partial charge >= 0.3 is 0 Å². The maximum absolute atomic E-state index is 13.5. The first-order chi connectivity index (χ1) is 8.86. The fourth-order valence-electron chi connectivity index (χ4n) is 1.71. The third kappa shape index (κ3) is 3.65. The monoisotopic (exact) mass is 258 g/mol. The average Bonchev–Trinajstić information content (AvgIpc) is 2.33. The molecule has 0 aliphatic carbocycles. The molecule has 0 radical (unpaired) electrons. The van der Waals surface area contributed by atoms with E-state index in [1.807, 2.05) is 19.9 Å². The van der Waals surface area contributed by atoms with E-state index in [9.17, 15) is 4.39 Å². The molecule has 100 valence electrons. The molecule has 0 unspecified atom stereocenters. The minimum absolute atomic E-state index is 0.128. The van der Waals surface area contributed by atoms with Gasteiger partial charge in [0.1, 0.15) is 5.82 Å². The summed E-state index contributed by atoms with van der Waals surface area (Å²) in [4.78, 5) is 4.18. The number of nitrogens with zero attached hydrogens (tertiary/aromatic N) is 1. The van der Waals surface area contributed by atoms with Gasteiger partial charge in [-0.15, -0.1) is 0 Å². The molecule has 0 aliphatic heterocycles. The predicted octanol–water partition coefficient (Wildman–Crippen LogP) is 3.91. The average molecular weight is 258 g/mol. The zero-order chi connectivity index (χ0) is 14.6. The van der Waals surface area contributed by atoms with Crippen LogP contribution in [-0.2, 0) is 0 Å². The van der Waals surface area contributed by atoms with Crippen molar-refractivity contribution in [3.63, 3.8) is 0 Å². The fourth-order valence-corrected chi connectivity index (χ4v) is 1.71. The second-order valence-corrected chi connectivity index (χ2v) is 4.46. The lowest BCUT2D eigenvalue weighted by molar-refractivity contribution is 0.632. The number of anilines is 1. The highest BCUT2D eigenvalue weighted by molar-refractivity contribution is 6.09. The van der Waals surface area contributed by atoms with E-state index >= 15 is 0 Å². The Bertz CT molecular complexity index is 564. The lowest BCUT2D eigenvalue weighted by atomic mass is 9.98. The van der Waals surface area contributed by atoms with Crippen LogP contribution in [-0.4, -0.2) is 12.8 Å². The second kappa shape index (κ2) is 6.14. The summed E-state index contributed by atoms with van der Waals surface area (Å²) in [6.45, 7) is 11.6. The number of allylic oxidation sites excluding steroid dienone is 4. The largest absolute Gasteiger partial charge is 0.396 e. The molecule has 0 atom stereocenters. The summed E-state index contributed by atoms with van der Waals surface area (Å²) in [5.41, 5.74) is 9.64. The third-order valence-electron chi connectivity index (χ3n) is 2.74. The normalized spacial score (nSPS) is 11.1. The molecule has 0 saturated heterocycles. The van der Waals surface area contributed by atoms with E-state index in [4.69, 9.17) is 5.73 Å². The van der Waals surface area contributed by atoms with Crippen LogP contribution < -0.4 is 5.73 Å². The molecule has 0 spiro atoms. The Hall–Kier alpha value is -2.16. The Morgan fingerprint density at radius 2 is 1.84 bits per heavy atom. The fraction of sp³-hybridized carbons (Fsp3) is 0.188. The first-order valence-corrected chi connectivity index (χ1v) is 5.92. The van der Waals surface area contributed by atoms with Crippen LogP contribution >= 0.6 is 0 Å². The molecule has 1 rings (SSSR count). The van der Waals surface area contributed by atoms with Gasteiger partial charge < -0.3 is 5.73 Å². The van der Waals surface area contributed by atoms with Crippen molar-refractivity contribution in [1.29, 1.82) is 0 Å². The van der Waals surface area contributed by atoms with Crippen LogP contribution in [0.3, 0.4) is 0 Å². The van der Waals surface area contributed by atoms with Gasteiger partial charge in [0, 0.05) is 12.6 Å². The molecular weight excluding hydrogens is 239 g/mol. The zero-order valence-corrected chi connectivity index (χ0v) is 11.6. The minimum Gasteiger partial charge on any atom is -0.396 e. The number of halogens is 1. The maximum Gasteiger partial charge on any atom is 0.146 e. The molecular formula is C16H19FN2. The Morgan fingerprint density at radius 3 is 2.26 bits per heavy atom. The van der Waals surface area contributed by atoms with Gasteiger partial charge in [-0.05, 0) is 37.6 Å². The molecule has 0 heterocycles. The van der Waals surface area contributed by atoms with Gasteiger partial charge in [-0.2, -0.15) is 0 Å². The molecule has 0 saturated carbocycles. The smallest absolute Gasteiger partial charge is 0.146 e. The van der Waals surface area contributed by atoms with Crippen molar-refractivity contribution in [2.45, 2.75) is 13.8 Å². The second-order valence-electron chi connectivity index (χ2n) is 4.46. The molecule has 0 aliphatic rings. The highest BCUT2D eigenvalue weighted by Gasteiger charge is 2.07. The molecule has 0 fully saturated rings. The quantitative estimate of drug-likeness (QED) is 0.496. The van der Waals surface area contributed by atoms with Gasteiger partial charge in [0.25, 0.3) is 0 Å². The first kappa shape index (κ1) is 14.9. The van der Waals surface area contributed by atoms with Crippen LogP contribution in [0.5, 0.6) is 0 Å². The van der Waals surface area contributed by atoms with Crippen LogP contribution in [0.1, 0.15) is 19.4 Å². The van der Waals surface area contributed by atoms with Gasteiger partial charge in [0.05, 0.1) is 11.4 Å². The summed E-state index contributed by atoms with van der Waals surface area (Å²) in [5.74, 6) is -0.445. The van der Waals surface area contributed by atoms with Crippen LogP contribution in [0.25, 0.3) is 0 Å². The summed E-state index contributed by atoms with van der Waals surface area (Å²) >= 11 is 0. The van der Waals surface area contributed by atoms with Crippen molar-refractivity contribution in [1.82, 2.24) is 0 Å². The van der Waals surface area contributed by atoms with E-state index in [1.54, 1.807) is 13.1 Å². The van der Waals surface area contributed by atoms with E-state index in [-0.39, 0.29) is 5.69 Å². The third-order valence-corrected chi connectivity index (χ3v) is 2.74. The Kier molecular flexibility index (Phi) is 4.81. The topological polar surface area (TPSA) is 38.4 Å². The number of nitrogen functional groups attached to an aromatic ring is 1. The molecule has 2 N–H and O–H groups in total.